The number of amides is 2. The van der Waals surface area contributed by atoms with Gasteiger partial charge in [-0.3, -0.25) is 0 Å². The summed E-state index contributed by atoms with van der Waals surface area (Å²) in [7, 11) is 0. The third-order valence-corrected chi connectivity index (χ3v) is 4.75. The fourth-order valence-corrected chi connectivity index (χ4v) is 2.67. The van der Waals surface area contributed by atoms with Gasteiger partial charge in [-0.1, -0.05) is 26.2 Å². The predicted octanol–water partition coefficient (Wildman–Crippen LogP) is 2.21. The molecule has 19 heavy (non-hydrogen) atoms. The standard InChI is InChI=1S/C13H24N2O3S/c1-10(19-2)6-9-14-12(18)15-13(11(16)17)7-4-3-5-8-13/h10H,3-9H2,1-2H3,(H,16,17)(H2,14,15,18). The molecule has 1 saturated carbocycles. The van der Waals surface area contributed by atoms with Gasteiger partial charge in [-0.05, 0) is 25.5 Å². The number of rotatable bonds is 6. The van der Waals surface area contributed by atoms with Gasteiger partial charge in [0.25, 0.3) is 0 Å². The zero-order valence-corrected chi connectivity index (χ0v) is 12.5. The molecule has 1 rings (SSSR count). The molecule has 0 aromatic carbocycles. The van der Waals surface area contributed by atoms with E-state index in [2.05, 4.69) is 17.6 Å². The first-order chi connectivity index (χ1) is 9.00. The number of carbonyl (C=O) groups excluding carboxylic acids is 1. The van der Waals surface area contributed by atoms with Crippen molar-refractivity contribution >= 4 is 23.8 Å². The topological polar surface area (TPSA) is 78.4 Å². The molecule has 1 unspecified atom stereocenters. The second kappa shape index (κ2) is 7.62. The molecule has 0 aromatic rings. The van der Waals surface area contributed by atoms with Gasteiger partial charge in [-0.25, -0.2) is 9.59 Å². The first-order valence-electron chi connectivity index (χ1n) is 6.82. The third-order valence-electron chi connectivity index (χ3n) is 3.71. The van der Waals surface area contributed by atoms with Crippen LogP contribution in [0.15, 0.2) is 0 Å². The predicted molar refractivity (Wildman–Crippen MR) is 77.6 cm³/mol. The lowest BCUT2D eigenvalue weighted by Gasteiger charge is -2.33. The molecule has 5 nitrogen and oxygen atoms in total. The van der Waals surface area contributed by atoms with Crippen LogP contribution in [-0.4, -0.2) is 40.7 Å². The summed E-state index contributed by atoms with van der Waals surface area (Å²) in [5.74, 6) is -0.917. The van der Waals surface area contributed by atoms with Crippen LogP contribution >= 0.6 is 11.8 Å². The van der Waals surface area contributed by atoms with Crippen molar-refractivity contribution in [1.82, 2.24) is 10.6 Å². The molecule has 1 aliphatic carbocycles. The molecule has 110 valence electrons. The van der Waals surface area contributed by atoms with Crippen molar-refractivity contribution in [3.8, 4) is 0 Å². The Hall–Kier alpha value is -0.910. The van der Waals surface area contributed by atoms with Gasteiger partial charge in [-0.15, -0.1) is 0 Å². The smallest absolute Gasteiger partial charge is 0.329 e. The fraction of sp³-hybridized carbons (Fsp3) is 0.846. The van der Waals surface area contributed by atoms with Crippen molar-refractivity contribution in [2.75, 3.05) is 12.8 Å². The van der Waals surface area contributed by atoms with Gasteiger partial charge < -0.3 is 15.7 Å². The number of carboxylic acids is 1. The van der Waals surface area contributed by atoms with Crippen molar-refractivity contribution in [2.24, 2.45) is 0 Å². The maximum atomic E-state index is 11.8. The average molecular weight is 288 g/mol. The Bertz CT molecular complexity index is 317. The van der Waals surface area contributed by atoms with Gasteiger partial charge in [0.05, 0.1) is 0 Å². The van der Waals surface area contributed by atoms with E-state index in [0.717, 1.165) is 25.7 Å². The highest BCUT2D eigenvalue weighted by Crippen LogP contribution is 2.28. The average Bonchev–Trinajstić information content (AvgIpc) is 2.39. The van der Waals surface area contributed by atoms with E-state index < -0.39 is 11.5 Å². The van der Waals surface area contributed by atoms with Gasteiger partial charge in [0.2, 0.25) is 0 Å². The van der Waals surface area contributed by atoms with E-state index >= 15 is 0 Å². The third kappa shape index (κ3) is 4.93. The van der Waals surface area contributed by atoms with E-state index in [0.29, 0.717) is 24.6 Å². The minimum atomic E-state index is -1.06. The molecule has 0 saturated heterocycles. The Morgan fingerprint density at radius 3 is 2.47 bits per heavy atom. The zero-order chi connectivity index (χ0) is 14.3. The van der Waals surface area contributed by atoms with Crippen LogP contribution in [0, 0.1) is 0 Å². The SMILES string of the molecule is CSC(C)CCNC(=O)NC1(C(=O)O)CCCCC1. The highest BCUT2D eigenvalue weighted by atomic mass is 32.2. The normalized spacial score (nSPS) is 19.5. The number of aliphatic carboxylic acids is 1. The summed E-state index contributed by atoms with van der Waals surface area (Å²) >= 11 is 1.75. The van der Waals surface area contributed by atoms with Crippen LogP contribution in [0.5, 0.6) is 0 Å². The van der Waals surface area contributed by atoms with Gasteiger partial charge in [-0.2, -0.15) is 11.8 Å². The molecule has 6 heteroatoms. The maximum Gasteiger partial charge on any atom is 0.329 e. The highest BCUT2D eigenvalue weighted by Gasteiger charge is 2.40. The quantitative estimate of drug-likeness (QED) is 0.700. The Balaban J connectivity index is 2.42. The molecule has 0 heterocycles. The minimum Gasteiger partial charge on any atom is -0.480 e. The van der Waals surface area contributed by atoms with Crippen molar-refractivity contribution in [2.45, 2.75) is 56.2 Å². The summed E-state index contributed by atoms with van der Waals surface area (Å²) in [4.78, 5) is 23.2. The molecular weight excluding hydrogens is 264 g/mol. The number of hydrogen-bond acceptors (Lipinski definition) is 3. The summed E-state index contributed by atoms with van der Waals surface area (Å²) in [5.41, 5.74) is -1.06. The van der Waals surface area contributed by atoms with Crippen molar-refractivity contribution in [3.05, 3.63) is 0 Å². The van der Waals surface area contributed by atoms with Gasteiger partial charge in [0.15, 0.2) is 0 Å². The van der Waals surface area contributed by atoms with Crippen LogP contribution in [0.1, 0.15) is 45.4 Å². The van der Waals surface area contributed by atoms with Crippen LogP contribution in [0.3, 0.4) is 0 Å². The van der Waals surface area contributed by atoms with Crippen molar-refractivity contribution < 1.29 is 14.7 Å². The maximum absolute atomic E-state index is 11.8. The first kappa shape index (κ1) is 16.1. The van der Waals surface area contributed by atoms with E-state index in [1.807, 2.05) is 6.26 Å². The van der Waals surface area contributed by atoms with E-state index in [4.69, 9.17) is 0 Å². The number of thioether (sulfide) groups is 1. The number of urea groups is 1. The lowest BCUT2D eigenvalue weighted by Crippen LogP contribution is -2.58. The lowest BCUT2D eigenvalue weighted by molar-refractivity contribution is -0.145. The molecule has 0 bridgehead atoms. The summed E-state index contributed by atoms with van der Waals surface area (Å²) in [6.07, 6.45) is 6.73. The van der Waals surface area contributed by atoms with E-state index in [9.17, 15) is 14.7 Å². The molecule has 0 aromatic heterocycles. The van der Waals surface area contributed by atoms with Gasteiger partial charge >= 0.3 is 12.0 Å². The van der Waals surface area contributed by atoms with E-state index in [1.165, 1.54) is 0 Å². The molecule has 0 aliphatic heterocycles. The number of nitrogens with one attached hydrogen (secondary N) is 2. The molecule has 1 aliphatic rings. The summed E-state index contributed by atoms with van der Waals surface area (Å²) < 4.78 is 0. The molecule has 1 atom stereocenters. The monoisotopic (exact) mass is 288 g/mol. The summed E-state index contributed by atoms with van der Waals surface area (Å²) in [6, 6.07) is -0.363. The second-order valence-electron chi connectivity index (χ2n) is 5.16. The zero-order valence-electron chi connectivity index (χ0n) is 11.7. The Morgan fingerprint density at radius 2 is 1.95 bits per heavy atom. The second-order valence-corrected chi connectivity index (χ2v) is 6.44. The van der Waals surface area contributed by atoms with Gasteiger partial charge in [0, 0.05) is 11.8 Å². The molecule has 1 fully saturated rings. The van der Waals surface area contributed by atoms with E-state index in [1.54, 1.807) is 11.8 Å². The Labute approximate surface area is 118 Å². The molecule has 0 spiro atoms. The van der Waals surface area contributed by atoms with Crippen LogP contribution in [0.4, 0.5) is 4.79 Å². The summed E-state index contributed by atoms with van der Waals surface area (Å²) in [5, 5.41) is 15.2. The first-order valence-corrected chi connectivity index (χ1v) is 8.11. The lowest BCUT2D eigenvalue weighted by atomic mass is 9.82. The number of hydrogen-bond donors (Lipinski definition) is 3. The largest absolute Gasteiger partial charge is 0.480 e. The van der Waals surface area contributed by atoms with Crippen molar-refractivity contribution in [3.63, 3.8) is 0 Å². The molecular formula is C13H24N2O3S. The van der Waals surface area contributed by atoms with Crippen LogP contribution < -0.4 is 10.6 Å². The molecule has 2 amide bonds. The fourth-order valence-electron chi connectivity index (χ4n) is 2.32. The minimum absolute atomic E-state index is 0.363. The van der Waals surface area contributed by atoms with Crippen molar-refractivity contribution in [1.29, 1.82) is 0 Å². The molecule has 0 radical (unpaired) electrons. The Kier molecular flexibility index (Phi) is 6.48. The van der Waals surface area contributed by atoms with E-state index in [-0.39, 0.29) is 6.03 Å². The molecule has 3 N–H and O–H groups in total. The van der Waals surface area contributed by atoms with Crippen LogP contribution in [0.2, 0.25) is 0 Å². The number of carboxylic acid groups (broad SMARTS) is 1. The van der Waals surface area contributed by atoms with Gasteiger partial charge in [0.1, 0.15) is 5.54 Å². The highest BCUT2D eigenvalue weighted by molar-refractivity contribution is 7.99. The summed E-state index contributed by atoms with van der Waals surface area (Å²) in [6.45, 7) is 2.67. The number of carbonyl (C=O) groups is 2. The van der Waals surface area contributed by atoms with Crippen LogP contribution in [-0.2, 0) is 4.79 Å². The van der Waals surface area contributed by atoms with Crippen LogP contribution in [0.25, 0.3) is 0 Å². The Morgan fingerprint density at radius 1 is 1.32 bits per heavy atom.